The molecule has 0 unspecified atom stereocenters. The van der Waals surface area contributed by atoms with E-state index in [0.29, 0.717) is 6.54 Å². The molecule has 3 N–H and O–H groups in total. The van der Waals surface area contributed by atoms with Crippen molar-refractivity contribution in [1.29, 1.82) is 0 Å². The van der Waals surface area contributed by atoms with E-state index in [0.717, 1.165) is 43.2 Å². The molecule has 0 atom stereocenters. The predicted molar refractivity (Wildman–Crippen MR) is 101 cm³/mol. The Hall–Kier alpha value is -2.74. The molecule has 0 saturated carbocycles. The fourth-order valence-electron chi connectivity index (χ4n) is 3.10. The van der Waals surface area contributed by atoms with Crippen molar-refractivity contribution in [3.8, 4) is 10.6 Å². The van der Waals surface area contributed by atoms with E-state index in [2.05, 4.69) is 43.2 Å². The molecule has 0 aliphatic carbocycles. The average Bonchev–Trinajstić information content (AvgIpc) is 3.42. The molecule has 0 bridgehead atoms. The summed E-state index contributed by atoms with van der Waals surface area (Å²) < 4.78 is 5.21. The average molecular weight is 371 g/mol. The Kier molecular flexibility index (Phi) is 4.92. The molecule has 8 heteroatoms. The van der Waals surface area contributed by atoms with Crippen molar-refractivity contribution < 1.29 is 9.21 Å². The van der Waals surface area contributed by atoms with Gasteiger partial charge in [-0.2, -0.15) is 5.10 Å². The lowest BCUT2D eigenvalue weighted by Gasteiger charge is -2.32. The van der Waals surface area contributed by atoms with Gasteiger partial charge in [0, 0.05) is 25.2 Å². The van der Waals surface area contributed by atoms with E-state index in [-0.39, 0.29) is 12.1 Å². The van der Waals surface area contributed by atoms with Crippen LogP contribution in [-0.2, 0) is 6.54 Å². The molecule has 0 aromatic carbocycles. The zero-order chi connectivity index (χ0) is 17.8. The largest absolute Gasteiger partial charge is 0.467 e. The predicted octanol–water partition coefficient (Wildman–Crippen LogP) is 3.20. The van der Waals surface area contributed by atoms with Crippen molar-refractivity contribution in [3.05, 3.63) is 47.7 Å². The number of amides is 2. The second-order valence-electron chi connectivity index (χ2n) is 6.28. The minimum absolute atomic E-state index is 0.153. The van der Waals surface area contributed by atoms with Gasteiger partial charge in [-0.3, -0.25) is 5.10 Å². The number of carbonyl (C=O) groups is 1. The van der Waals surface area contributed by atoms with Gasteiger partial charge in [0.1, 0.15) is 5.76 Å². The van der Waals surface area contributed by atoms with Gasteiger partial charge in [-0.05, 0) is 36.4 Å². The fraction of sp³-hybridized carbons (Fsp3) is 0.333. The summed E-state index contributed by atoms with van der Waals surface area (Å²) in [4.78, 5) is 15.4. The first-order valence-corrected chi connectivity index (χ1v) is 9.57. The first-order chi connectivity index (χ1) is 12.8. The number of hydrogen-bond donors (Lipinski definition) is 3. The van der Waals surface area contributed by atoms with Gasteiger partial charge in [0.05, 0.1) is 23.4 Å². The molecular weight excluding hydrogens is 350 g/mol. The van der Waals surface area contributed by atoms with Gasteiger partial charge in [-0.1, -0.05) is 6.07 Å². The normalized spacial score (nSPS) is 15.2. The number of H-pyrrole nitrogens is 1. The fourth-order valence-corrected chi connectivity index (χ4v) is 3.79. The maximum atomic E-state index is 12.0. The van der Waals surface area contributed by atoms with Crippen molar-refractivity contribution >= 4 is 23.2 Å². The van der Waals surface area contributed by atoms with Gasteiger partial charge < -0.3 is 20.0 Å². The second-order valence-corrected chi connectivity index (χ2v) is 7.23. The highest BCUT2D eigenvalue weighted by Gasteiger charge is 2.22. The van der Waals surface area contributed by atoms with Crippen LogP contribution < -0.4 is 15.5 Å². The van der Waals surface area contributed by atoms with E-state index in [1.165, 1.54) is 4.88 Å². The quantitative estimate of drug-likeness (QED) is 0.643. The zero-order valence-corrected chi connectivity index (χ0v) is 15.1. The number of aromatic nitrogens is 2. The molecule has 4 rings (SSSR count). The van der Waals surface area contributed by atoms with Crippen LogP contribution in [0.5, 0.6) is 0 Å². The van der Waals surface area contributed by atoms with Crippen LogP contribution in [-0.4, -0.2) is 35.4 Å². The maximum Gasteiger partial charge on any atom is 0.315 e. The number of thiophene rings is 1. The molecule has 3 aromatic rings. The Morgan fingerprint density at radius 2 is 2.23 bits per heavy atom. The summed E-state index contributed by atoms with van der Waals surface area (Å²) in [5, 5.41) is 15.5. The summed E-state index contributed by atoms with van der Waals surface area (Å²) in [5.74, 6) is 1.71. The molecule has 136 valence electrons. The second kappa shape index (κ2) is 7.65. The lowest BCUT2D eigenvalue weighted by Crippen LogP contribution is -2.47. The molecule has 26 heavy (non-hydrogen) atoms. The van der Waals surface area contributed by atoms with Gasteiger partial charge in [-0.15, -0.1) is 11.3 Å². The monoisotopic (exact) mass is 371 g/mol. The van der Waals surface area contributed by atoms with Crippen molar-refractivity contribution in [1.82, 2.24) is 20.8 Å². The third kappa shape index (κ3) is 3.91. The lowest BCUT2D eigenvalue weighted by atomic mass is 10.1. The van der Waals surface area contributed by atoms with Gasteiger partial charge in [0.2, 0.25) is 0 Å². The Bertz CT molecular complexity index is 820. The molecule has 0 radical (unpaired) electrons. The van der Waals surface area contributed by atoms with Crippen LogP contribution in [0.1, 0.15) is 18.6 Å². The number of anilines is 1. The van der Waals surface area contributed by atoms with Crippen LogP contribution >= 0.6 is 11.3 Å². The standard InChI is InChI=1S/C18H21N5O2S/c24-18(19-12-14-3-1-9-25-14)20-13-5-7-23(8-6-13)17-11-15(21-22-17)16-4-2-10-26-16/h1-4,9-11,13H,5-8,12H2,(H,21,22)(H2,19,20,24). The van der Waals surface area contributed by atoms with E-state index < -0.39 is 0 Å². The van der Waals surface area contributed by atoms with Crippen LogP contribution in [0.2, 0.25) is 0 Å². The zero-order valence-electron chi connectivity index (χ0n) is 14.3. The lowest BCUT2D eigenvalue weighted by molar-refractivity contribution is 0.233. The first kappa shape index (κ1) is 16.7. The van der Waals surface area contributed by atoms with Crippen LogP contribution in [0.4, 0.5) is 10.6 Å². The Morgan fingerprint density at radius 1 is 1.35 bits per heavy atom. The number of piperidine rings is 1. The molecule has 1 aliphatic rings. The van der Waals surface area contributed by atoms with Gasteiger partial charge in [0.15, 0.2) is 5.82 Å². The van der Waals surface area contributed by atoms with Crippen molar-refractivity contribution in [3.63, 3.8) is 0 Å². The number of rotatable bonds is 5. The van der Waals surface area contributed by atoms with Crippen molar-refractivity contribution in [2.24, 2.45) is 0 Å². The van der Waals surface area contributed by atoms with Crippen molar-refractivity contribution in [2.45, 2.75) is 25.4 Å². The molecular formula is C18H21N5O2S. The van der Waals surface area contributed by atoms with E-state index in [4.69, 9.17) is 4.42 Å². The summed E-state index contributed by atoms with van der Waals surface area (Å²) >= 11 is 1.70. The van der Waals surface area contributed by atoms with Gasteiger partial charge in [-0.25, -0.2) is 4.79 Å². The molecule has 2 amide bonds. The van der Waals surface area contributed by atoms with Crippen LogP contribution in [0.15, 0.2) is 46.4 Å². The topological polar surface area (TPSA) is 86.2 Å². The van der Waals surface area contributed by atoms with E-state index >= 15 is 0 Å². The van der Waals surface area contributed by atoms with Crippen LogP contribution in [0, 0.1) is 0 Å². The number of aromatic amines is 1. The maximum absolute atomic E-state index is 12.0. The van der Waals surface area contributed by atoms with E-state index in [1.807, 2.05) is 18.2 Å². The van der Waals surface area contributed by atoms with E-state index in [1.54, 1.807) is 17.6 Å². The summed E-state index contributed by atoms with van der Waals surface area (Å²) in [6, 6.07) is 9.89. The Labute approximate surface area is 155 Å². The molecule has 4 heterocycles. The highest BCUT2D eigenvalue weighted by Crippen LogP contribution is 2.27. The van der Waals surface area contributed by atoms with Crippen LogP contribution in [0.3, 0.4) is 0 Å². The van der Waals surface area contributed by atoms with Crippen molar-refractivity contribution in [2.75, 3.05) is 18.0 Å². The summed E-state index contributed by atoms with van der Waals surface area (Å²) in [6.07, 6.45) is 3.40. The molecule has 1 fully saturated rings. The number of carbonyl (C=O) groups excluding carboxylic acids is 1. The summed E-state index contributed by atoms with van der Waals surface area (Å²) in [7, 11) is 0. The minimum Gasteiger partial charge on any atom is -0.467 e. The highest BCUT2D eigenvalue weighted by molar-refractivity contribution is 7.13. The Morgan fingerprint density at radius 3 is 2.96 bits per heavy atom. The molecule has 1 aliphatic heterocycles. The highest BCUT2D eigenvalue weighted by atomic mass is 32.1. The molecule has 7 nitrogen and oxygen atoms in total. The first-order valence-electron chi connectivity index (χ1n) is 8.69. The van der Waals surface area contributed by atoms with Gasteiger partial charge in [0.25, 0.3) is 0 Å². The molecule has 1 saturated heterocycles. The van der Waals surface area contributed by atoms with Crippen LogP contribution in [0.25, 0.3) is 10.6 Å². The third-order valence-electron chi connectivity index (χ3n) is 4.51. The third-order valence-corrected chi connectivity index (χ3v) is 5.41. The summed E-state index contributed by atoms with van der Waals surface area (Å²) in [5.41, 5.74) is 1.05. The number of hydrogen-bond acceptors (Lipinski definition) is 5. The molecule has 3 aromatic heterocycles. The minimum atomic E-state index is -0.153. The summed E-state index contributed by atoms with van der Waals surface area (Å²) in [6.45, 7) is 2.15. The smallest absolute Gasteiger partial charge is 0.315 e. The van der Waals surface area contributed by atoms with E-state index in [9.17, 15) is 4.79 Å². The van der Waals surface area contributed by atoms with Gasteiger partial charge >= 0.3 is 6.03 Å². The number of nitrogens with zero attached hydrogens (tertiary/aromatic N) is 2. The Balaban J connectivity index is 1.24. The molecule has 0 spiro atoms. The SMILES string of the molecule is O=C(NCc1ccco1)NC1CCN(c2cc(-c3cccs3)[nH]n2)CC1. The number of furan rings is 1. The number of urea groups is 1. The number of nitrogens with one attached hydrogen (secondary N) is 3.